The van der Waals surface area contributed by atoms with Gasteiger partial charge in [0, 0.05) is 15.7 Å². The summed E-state index contributed by atoms with van der Waals surface area (Å²) >= 11 is 9.52. The zero-order chi connectivity index (χ0) is 22.3. The van der Waals surface area contributed by atoms with Crippen molar-refractivity contribution in [2.45, 2.75) is 13.3 Å². The number of nitrogens with zero attached hydrogens (tertiary/aromatic N) is 1. The Morgan fingerprint density at radius 1 is 1.03 bits per heavy atom. The summed E-state index contributed by atoms with van der Waals surface area (Å²) in [5.74, 6) is 0.611. The van der Waals surface area contributed by atoms with E-state index in [1.54, 1.807) is 30.3 Å². The Kier molecular flexibility index (Phi) is 4.43. The summed E-state index contributed by atoms with van der Waals surface area (Å²) in [6, 6.07) is 10.2. The third-order valence-corrected chi connectivity index (χ3v) is 8.76. The zero-order valence-electron chi connectivity index (χ0n) is 17.2. The number of anilines is 2. The van der Waals surface area contributed by atoms with Gasteiger partial charge in [-0.05, 0) is 94.9 Å². The van der Waals surface area contributed by atoms with Crippen LogP contribution in [0.4, 0.5) is 11.4 Å². The molecular formula is C25H20BrClN2O3. The van der Waals surface area contributed by atoms with Crippen LogP contribution in [0.5, 0.6) is 0 Å². The number of imide groups is 1. The van der Waals surface area contributed by atoms with Crippen molar-refractivity contribution in [1.82, 2.24) is 0 Å². The second-order valence-electron chi connectivity index (χ2n) is 9.25. The Bertz CT molecular complexity index is 1190. The van der Waals surface area contributed by atoms with Gasteiger partial charge in [0.15, 0.2) is 0 Å². The smallest absolute Gasteiger partial charge is 0.255 e. The number of hydrogen-bond donors (Lipinski definition) is 1. The first kappa shape index (κ1) is 20.2. The SMILES string of the molecule is Cc1cc(Br)c(Cl)cc1NC(=O)c1ccc(N2C(=O)C3C4C=CC(C5CC45)C3C2=O)cc1. The minimum absolute atomic E-state index is 0.0953. The number of carbonyl (C=O) groups is 3. The average molecular weight is 512 g/mol. The van der Waals surface area contributed by atoms with Gasteiger partial charge in [-0.2, -0.15) is 0 Å². The van der Waals surface area contributed by atoms with Crippen LogP contribution in [0.1, 0.15) is 22.3 Å². The van der Waals surface area contributed by atoms with E-state index in [4.69, 9.17) is 11.6 Å². The third kappa shape index (κ3) is 2.85. The lowest BCUT2D eigenvalue weighted by Gasteiger charge is -2.37. The number of allylic oxidation sites excluding steroid dienone is 2. The number of amides is 3. The van der Waals surface area contributed by atoms with Crippen molar-refractivity contribution in [2.24, 2.45) is 35.5 Å². The van der Waals surface area contributed by atoms with Crippen LogP contribution in [0.25, 0.3) is 0 Å². The zero-order valence-corrected chi connectivity index (χ0v) is 19.6. The lowest BCUT2D eigenvalue weighted by atomic mass is 9.63. The summed E-state index contributed by atoms with van der Waals surface area (Å²) in [7, 11) is 0. The van der Waals surface area contributed by atoms with Crippen LogP contribution < -0.4 is 10.2 Å². The molecule has 162 valence electrons. The molecule has 0 radical (unpaired) electrons. The van der Waals surface area contributed by atoms with Gasteiger partial charge < -0.3 is 5.32 Å². The number of hydrogen-bond acceptors (Lipinski definition) is 3. The van der Waals surface area contributed by atoms with Gasteiger partial charge in [0.25, 0.3) is 5.91 Å². The molecule has 2 saturated carbocycles. The lowest BCUT2D eigenvalue weighted by Crippen LogP contribution is -2.40. The maximum absolute atomic E-state index is 13.2. The first-order chi connectivity index (χ1) is 15.3. The van der Waals surface area contributed by atoms with Crippen molar-refractivity contribution >= 4 is 56.6 Å². The van der Waals surface area contributed by atoms with Crippen LogP contribution in [0.15, 0.2) is 53.0 Å². The quantitative estimate of drug-likeness (QED) is 0.454. The number of carbonyl (C=O) groups excluding carboxylic acids is 3. The maximum Gasteiger partial charge on any atom is 0.255 e. The molecular weight excluding hydrogens is 492 g/mol. The number of rotatable bonds is 3. The molecule has 0 spiro atoms. The number of aryl methyl sites for hydroxylation is 1. The van der Waals surface area contributed by atoms with Crippen LogP contribution in [0.3, 0.4) is 0 Å². The molecule has 6 unspecified atom stereocenters. The molecule has 4 aliphatic carbocycles. The Labute approximate surface area is 198 Å². The maximum atomic E-state index is 13.2. The average Bonchev–Trinajstić information content (AvgIpc) is 3.55. The van der Waals surface area contributed by atoms with E-state index in [0.717, 1.165) is 16.5 Å². The summed E-state index contributed by atoms with van der Waals surface area (Å²) in [6.45, 7) is 1.88. The molecule has 1 saturated heterocycles. The van der Waals surface area contributed by atoms with E-state index in [1.807, 2.05) is 13.0 Å². The van der Waals surface area contributed by atoms with E-state index in [9.17, 15) is 14.4 Å². The van der Waals surface area contributed by atoms with E-state index in [2.05, 4.69) is 33.4 Å². The van der Waals surface area contributed by atoms with E-state index in [0.29, 0.717) is 33.8 Å². The fourth-order valence-electron chi connectivity index (χ4n) is 5.95. The third-order valence-electron chi connectivity index (χ3n) is 7.57. The van der Waals surface area contributed by atoms with Crippen molar-refractivity contribution < 1.29 is 14.4 Å². The molecule has 5 aliphatic rings. The molecule has 1 N–H and O–H groups in total. The van der Waals surface area contributed by atoms with E-state index < -0.39 is 0 Å². The van der Waals surface area contributed by atoms with Gasteiger partial charge in [0.1, 0.15) is 0 Å². The summed E-state index contributed by atoms with van der Waals surface area (Å²) < 4.78 is 0.764. The molecule has 2 aromatic carbocycles. The summed E-state index contributed by atoms with van der Waals surface area (Å²) in [5, 5.41) is 3.38. The summed E-state index contributed by atoms with van der Waals surface area (Å²) in [6.07, 6.45) is 5.47. The van der Waals surface area contributed by atoms with Gasteiger partial charge in [-0.25, -0.2) is 0 Å². The molecule has 3 amide bonds. The standard InChI is InChI=1S/C25H20BrClN2O3/c1-11-8-18(26)19(27)10-20(11)28-23(30)12-2-4-13(5-3-12)29-24(31)21-14-6-7-15(17-9-16(14)17)22(21)25(29)32/h2-8,10,14-17,21-22H,9H2,1H3,(H,28,30). The molecule has 3 fully saturated rings. The Hall–Kier alpha value is -2.44. The van der Waals surface area contributed by atoms with Crippen LogP contribution in [0, 0.1) is 42.4 Å². The number of nitrogens with one attached hydrogen (secondary N) is 1. The van der Waals surface area contributed by atoms with Gasteiger partial charge >= 0.3 is 0 Å². The number of halogens is 2. The van der Waals surface area contributed by atoms with Gasteiger partial charge in [0.05, 0.1) is 22.5 Å². The fraction of sp³-hybridized carbons (Fsp3) is 0.320. The van der Waals surface area contributed by atoms with Crippen molar-refractivity contribution in [3.05, 3.63) is 69.2 Å². The van der Waals surface area contributed by atoms with Crippen molar-refractivity contribution in [3.8, 4) is 0 Å². The van der Waals surface area contributed by atoms with E-state index in [-0.39, 0.29) is 41.4 Å². The predicted octanol–water partition coefficient (Wildman–Crippen LogP) is 5.22. The minimum Gasteiger partial charge on any atom is -0.322 e. The highest BCUT2D eigenvalue weighted by molar-refractivity contribution is 9.10. The second-order valence-corrected chi connectivity index (χ2v) is 10.5. The molecule has 32 heavy (non-hydrogen) atoms. The Morgan fingerprint density at radius 3 is 2.22 bits per heavy atom. The summed E-state index contributed by atoms with van der Waals surface area (Å²) in [5.41, 5.74) is 2.47. The largest absolute Gasteiger partial charge is 0.322 e. The van der Waals surface area contributed by atoms with Gasteiger partial charge in [-0.1, -0.05) is 23.8 Å². The van der Waals surface area contributed by atoms with Crippen molar-refractivity contribution in [1.29, 1.82) is 0 Å². The van der Waals surface area contributed by atoms with E-state index in [1.165, 1.54) is 4.90 Å². The molecule has 1 aliphatic heterocycles. The first-order valence-corrected chi connectivity index (χ1v) is 12.0. The van der Waals surface area contributed by atoms with Crippen LogP contribution in [-0.2, 0) is 9.59 Å². The van der Waals surface area contributed by atoms with E-state index >= 15 is 0 Å². The van der Waals surface area contributed by atoms with Gasteiger partial charge in [0.2, 0.25) is 11.8 Å². The summed E-state index contributed by atoms with van der Waals surface area (Å²) in [4.78, 5) is 40.6. The molecule has 7 rings (SSSR count). The molecule has 2 aromatic rings. The Balaban J connectivity index is 1.23. The monoisotopic (exact) mass is 510 g/mol. The minimum atomic E-state index is -0.284. The molecule has 5 nitrogen and oxygen atoms in total. The van der Waals surface area contributed by atoms with Gasteiger partial charge in [-0.15, -0.1) is 0 Å². The highest BCUT2D eigenvalue weighted by atomic mass is 79.9. The highest BCUT2D eigenvalue weighted by Gasteiger charge is 2.67. The fourth-order valence-corrected chi connectivity index (χ4v) is 6.57. The molecule has 2 bridgehead atoms. The molecule has 1 heterocycles. The van der Waals surface area contributed by atoms with Crippen LogP contribution >= 0.6 is 27.5 Å². The van der Waals surface area contributed by atoms with Crippen LogP contribution in [0.2, 0.25) is 5.02 Å². The topological polar surface area (TPSA) is 66.5 Å². The van der Waals surface area contributed by atoms with Crippen molar-refractivity contribution in [3.63, 3.8) is 0 Å². The normalized spacial score (nSPS) is 31.5. The van der Waals surface area contributed by atoms with Crippen molar-refractivity contribution in [2.75, 3.05) is 10.2 Å². The number of benzene rings is 2. The van der Waals surface area contributed by atoms with Crippen LogP contribution in [-0.4, -0.2) is 17.7 Å². The second kappa shape index (κ2) is 7.03. The molecule has 7 heteroatoms. The first-order valence-electron chi connectivity index (χ1n) is 10.8. The molecule has 0 aromatic heterocycles. The molecule has 6 atom stereocenters. The predicted molar refractivity (Wildman–Crippen MR) is 125 cm³/mol. The lowest BCUT2D eigenvalue weighted by molar-refractivity contribution is -0.124. The highest BCUT2D eigenvalue weighted by Crippen LogP contribution is 2.65. The van der Waals surface area contributed by atoms with Gasteiger partial charge in [-0.3, -0.25) is 19.3 Å². The Morgan fingerprint density at radius 2 is 1.62 bits per heavy atom.